The van der Waals surface area contributed by atoms with Gasteiger partial charge in [-0.3, -0.25) is 9.59 Å². The molecule has 19 heavy (non-hydrogen) atoms. The third-order valence-corrected chi connectivity index (χ3v) is 3.41. The molecule has 0 saturated heterocycles. The lowest BCUT2D eigenvalue weighted by molar-refractivity contribution is -0.925. The molecule has 1 atom stereocenters. The first-order chi connectivity index (χ1) is 8.39. The Kier molecular flexibility index (Phi) is 10.8. The van der Waals surface area contributed by atoms with Crippen LogP contribution in [-0.2, 0) is 19.1 Å². The van der Waals surface area contributed by atoms with Crippen molar-refractivity contribution < 1.29 is 36.0 Å². The van der Waals surface area contributed by atoms with Crippen molar-refractivity contribution in [1.29, 1.82) is 0 Å². The smallest absolute Gasteiger partial charge is 0.303 e. The fraction of sp³-hybridized carbons (Fsp3) is 0.846. The maximum Gasteiger partial charge on any atom is 0.303 e. The lowest BCUT2D eigenvalue weighted by Crippen LogP contribution is -3.00. The van der Waals surface area contributed by atoms with Crippen LogP contribution in [0.25, 0.3) is 0 Å². The van der Waals surface area contributed by atoms with E-state index in [0.29, 0.717) is 6.54 Å². The summed E-state index contributed by atoms with van der Waals surface area (Å²) in [5, 5.41) is 0. The molecule has 5 nitrogen and oxygen atoms in total. The molecule has 0 radical (unpaired) electrons. The van der Waals surface area contributed by atoms with Crippen LogP contribution in [0, 0.1) is 0 Å². The van der Waals surface area contributed by atoms with Crippen molar-refractivity contribution in [2.24, 2.45) is 0 Å². The predicted molar refractivity (Wildman–Crippen MR) is 68.9 cm³/mol. The van der Waals surface area contributed by atoms with Crippen LogP contribution in [-0.4, -0.2) is 55.3 Å². The first-order valence-corrected chi connectivity index (χ1v) is 6.54. The van der Waals surface area contributed by atoms with Crippen LogP contribution in [0.15, 0.2) is 0 Å². The van der Waals surface area contributed by atoms with Gasteiger partial charge >= 0.3 is 11.9 Å². The molecule has 0 N–H and O–H groups in total. The van der Waals surface area contributed by atoms with Gasteiger partial charge in [0.05, 0.1) is 19.6 Å². The molecule has 0 aliphatic carbocycles. The first-order valence-electron chi connectivity index (χ1n) is 6.54. The summed E-state index contributed by atoms with van der Waals surface area (Å²) in [6.07, 6.45) is -0.369. The highest BCUT2D eigenvalue weighted by Crippen LogP contribution is 2.10. The number of carbonyl (C=O) groups is 2. The zero-order valence-corrected chi connectivity index (χ0v) is 13.3. The summed E-state index contributed by atoms with van der Waals surface area (Å²) in [6.45, 7) is 12.8. The number of ether oxygens (including phenoxy) is 2. The third-order valence-electron chi connectivity index (χ3n) is 3.41. The van der Waals surface area contributed by atoms with E-state index in [9.17, 15) is 9.59 Å². The van der Waals surface area contributed by atoms with Crippen LogP contribution in [0.5, 0.6) is 0 Å². The number of quaternary nitrogens is 1. The lowest BCUT2D eigenvalue weighted by atomic mass is 10.2. The molecule has 0 rings (SSSR count). The van der Waals surface area contributed by atoms with Crippen LogP contribution >= 0.6 is 0 Å². The van der Waals surface area contributed by atoms with E-state index < -0.39 is 0 Å². The Bertz CT molecular complexity index is 272. The Morgan fingerprint density at radius 2 is 1.47 bits per heavy atom. The Hall–Kier alpha value is -0.810. The molecule has 0 spiro atoms. The largest absolute Gasteiger partial charge is 1.00 e. The van der Waals surface area contributed by atoms with Gasteiger partial charge in [0.25, 0.3) is 0 Å². The molecule has 0 bridgehead atoms. The van der Waals surface area contributed by atoms with E-state index in [1.54, 1.807) is 0 Å². The Balaban J connectivity index is 0. The van der Waals surface area contributed by atoms with E-state index >= 15 is 0 Å². The van der Waals surface area contributed by atoms with E-state index in [2.05, 4.69) is 20.8 Å². The number of nitrogens with zero attached hydrogens (tertiary/aromatic N) is 1. The van der Waals surface area contributed by atoms with Crippen molar-refractivity contribution >= 4 is 11.9 Å². The fourth-order valence-corrected chi connectivity index (χ4v) is 2.06. The summed E-state index contributed by atoms with van der Waals surface area (Å²) in [4.78, 5) is 21.9. The van der Waals surface area contributed by atoms with Crippen LogP contribution < -0.4 is 12.4 Å². The molecule has 0 aromatic rings. The maximum atomic E-state index is 11.1. The zero-order valence-electron chi connectivity index (χ0n) is 12.6. The number of rotatable bonds is 8. The minimum atomic E-state index is -0.369. The molecular formula is C13H26ClNO4. The Labute approximate surface area is 122 Å². The standard InChI is InChI=1S/C13H26NO4.ClH/c1-6-14(7-2,8-3)9-13(18-12(5)16)10-17-11(4)15;/h13H,6-10H2,1-5H3;1H/q+1;/p-1. The van der Waals surface area contributed by atoms with E-state index in [0.717, 1.165) is 24.1 Å². The summed E-state index contributed by atoms with van der Waals surface area (Å²) in [5.41, 5.74) is 0. The highest BCUT2D eigenvalue weighted by atomic mass is 35.5. The van der Waals surface area contributed by atoms with E-state index in [1.165, 1.54) is 13.8 Å². The molecule has 0 fully saturated rings. The molecular weight excluding hydrogens is 270 g/mol. The van der Waals surface area contributed by atoms with Crippen LogP contribution in [0.2, 0.25) is 0 Å². The summed E-state index contributed by atoms with van der Waals surface area (Å²) in [6, 6.07) is 0. The second-order valence-corrected chi connectivity index (χ2v) is 4.51. The molecule has 0 saturated carbocycles. The van der Waals surface area contributed by atoms with E-state index in [4.69, 9.17) is 9.47 Å². The zero-order chi connectivity index (χ0) is 14.2. The van der Waals surface area contributed by atoms with Gasteiger partial charge in [0.2, 0.25) is 0 Å². The van der Waals surface area contributed by atoms with E-state index in [-0.39, 0.29) is 37.1 Å². The topological polar surface area (TPSA) is 52.6 Å². The molecule has 0 aromatic heterocycles. The van der Waals surface area contributed by atoms with Gasteiger partial charge in [-0.15, -0.1) is 0 Å². The van der Waals surface area contributed by atoms with Gasteiger partial charge in [-0.1, -0.05) is 0 Å². The van der Waals surface area contributed by atoms with Crippen molar-refractivity contribution in [3.63, 3.8) is 0 Å². The minimum absolute atomic E-state index is 0. The molecule has 0 aliphatic heterocycles. The van der Waals surface area contributed by atoms with Gasteiger partial charge in [-0.2, -0.15) is 0 Å². The quantitative estimate of drug-likeness (QED) is 0.398. The van der Waals surface area contributed by atoms with Gasteiger partial charge in [0.1, 0.15) is 13.2 Å². The van der Waals surface area contributed by atoms with Gasteiger partial charge in [0, 0.05) is 13.8 Å². The highest BCUT2D eigenvalue weighted by molar-refractivity contribution is 5.67. The number of esters is 2. The summed E-state index contributed by atoms with van der Waals surface area (Å²) in [7, 11) is 0. The molecule has 0 amide bonds. The Morgan fingerprint density at radius 3 is 1.79 bits per heavy atom. The molecule has 0 aliphatic rings. The SMILES string of the molecule is CC[N+](CC)(CC)CC(COC(C)=O)OC(C)=O.[Cl-]. The highest BCUT2D eigenvalue weighted by Gasteiger charge is 2.28. The predicted octanol–water partition coefficient (Wildman–Crippen LogP) is -1.64. The molecule has 0 heterocycles. The lowest BCUT2D eigenvalue weighted by Gasteiger charge is -2.38. The average molecular weight is 296 g/mol. The van der Waals surface area contributed by atoms with Gasteiger partial charge < -0.3 is 26.4 Å². The van der Waals surface area contributed by atoms with Crippen LogP contribution in [0.1, 0.15) is 34.6 Å². The molecule has 1 unspecified atom stereocenters. The normalized spacial score (nSPS) is 12.3. The first kappa shape index (κ1) is 20.5. The van der Waals surface area contributed by atoms with Gasteiger partial charge in [-0.05, 0) is 20.8 Å². The van der Waals surface area contributed by atoms with Crippen molar-refractivity contribution in [1.82, 2.24) is 0 Å². The fourth-order valence-electron chi connectivity index (χ4n) is 2.06. The number of halogens is 1. The number of carbonyl (C=O) groups excluding carboxylic acids is 2. The summed E-state index contributed by atoms with van der Waals surface area (Å²) < 4.78 is 11.0. The van der Waals surface area contributed by atoms with Crippen molar-refractivity contribution in [2.45, 2.75) is 40.7 Å². The average Bonchev–Trinajstić information content (AvgIpc) is 2.32. The second-order valence-electron chi connectivity index (χ2n) is 4.51. The van der Waals surface area contributed by atoms with Crippen molar-refractivity contribution in [2.75, 3.05) is 32.8 Å². The maximum absolute atomic E-state index is 11.1. The number of hydrogen-bond donors (Lipinski definition) is 0. The molecule has 6 heteroatoms. The van der Waals surface area contributed by atoms with Gasteiger partial charge in [-0.25, -0.2) is 0 Å². The number of likely N-dealkylation sites (N-methyl/N-ethyl adjacent to an activating group) is 1. The van der Waals surface area contributed by atoms with Crippen LogP contribution in [0.4, 0.5) is 0 Å². The molecule has 114 valence electrons. The monoisotopic (exact) mass is 295 g/mol. The van der Waals surface area contributed by atoms with Crippen molar-refractivity contribution in [3.05, 3.63) is 0 Å². The summed E-state index contributed by atoms with van der Waals surface area (Å²) in [5.74, 6) is -0.691. The van der Waals surface area contributed by atoms with Gasteiger partial charge in [0.15, 0.2) is 6.10 Å². The third kappa shape index (κ3) is 8.06. The summed E-state index contributed by atoms with van der Waals surface area (Å²) >= 11 is 0. The van der Waals surface area contributed by atoms with Crippen molar-refractivity contribution in [3.8, 4) is 0 Å². The molecule has 0 aromatic carbocycles. The van der Waals surface area contributed by atoms with Crippen LogP contribution in [0.3, 0.4) is 0 Å². The Morgan fingerprint density at radius 1 is 1.00 bits per heavy atom. The number of hydrogen-bond acceptors (Lipinski definition) is 4. The second kappa shape index (κ2) is 10.0. The van der Waals surface area contributed by atoms with E-state index in [1.807, 2.05) is 0 Å². The minimum Gasteiger partial charge on any atom is -1.00 e.